The van der Waals surface area contributed by atoms with Crippen LogP contribution in [0, 0.1) is 0 Å². The van der Waals surface area contributed by atoms with E-state index in [1.54, 1.807) is 12.1 Å². The van der Waals surface area contributed by atoms with E-state index in [2.05, 4.69) is 17.1 Å². The zero-order valence-corrected chi connectivity index (χ0v) is 12.9. The third kappa shape index (κ3) is 5.95. The summed E-state index contributed by atoms with van der Waals surface area (Å²) in [6.07, 6.45) is 2.28. The first kappa shape index (κ1) is 17.2. The van der Waals surface area contributed by atoms with Crippen molar-refractivity contribution in [2.45, 2.75) is 32.7 Å². The van der Waals surface area contributed by atoms with Gasteiger partial charge in [-0.25, -0.2) is 4.79 Å². The predicted molar refractivity (Wildman–Crippen MR) is 82.7 cm³/mol. The van der Waals surface area contributed by atoms with Gasteiger partial charge in [-0.15, -0.1) is 0 Å². The summed E-state index contributed by atoms with van der Waals surface area (Å²) in [4.78, 5) is 25.2. The number of carbonyl (C=O) groups excluding carboxylic acids is 1. The number of likely N-dealkylation sites (N-methyl/N-ethyl adjacent to an activating group) is 1. The molecule has 0 aromatic heterocycles. The van der Waals surface area contributed by atoms with E-state index in [0.29, 0.717) is 5.56 Å². The second-order valence-corrected chi connectivity index (χ2v) is 5.38. The highest BCUT2D eigenvalue weighted by Crippen LogP contribution is 2.06. The summed E-state index contributed by atoms with van der Waals surface area (Å²) in [7, 11) is 2.03. The molecule has 0 spiro atoms. The maximum atomic E-state index is 12.1. The zero-order valence-electron chi connectivity index (χ0n) is 12.9. The van der Waals surface area contributed by atoms with Crippen LogP contribution in [0.15, 0.2) is 24.3 Å². The summed E-state index contributed by atoms with van der Waals surface area (Å²) in [5.41, 5.74) is 0.494. The van der Waals surface area contributed by atoms with E-state index in [-0.39, 0.29) is 17.5 Å². The Labute approximate surface area is 126 Å². The molecule has 0 fully saturated rings. The summed E-state index contributed by atoms with van der Waals surface area (Å²) in [6.45, 7) is 5.87. The first-order chi connectivity index (χ1) is 9.93. The largest absolute Gasteiger partial charge is 0.478 e. The van der Waals surface area contributed by atoms with Gasteiger partial charge >= 0.3 is 5.97 Å². The molecule has 5 nitrogen and oxygen atoms in total. The number of carboxylic acid groups (broad SMARTS) is 1. The summed E-state index contributed by atoms with van der Waals surface area (Å²) in [5.74, 6) is -1.27. The van der Waals surface area contributed by atoms with Gasteiger partial charge in [0.1, 0.15) is 0 Å². The zero-order chi connectivity index (χ0) is 15.8. The van der Waals surface area contributed by atoms with E-state index in [1.165, 1.54) is 12.1 Å². The first-order valence-electron chi connectivity index (χ1n) is 7.26. The number of carbonyl (C=O) groups is 2. The molecular weight excluding hydrogens is 268 g/mol. The Morgan fingerprint density at radius 1 is 1.33 bits per heavy atom. The van der Waals surface area contributed by atoms with Crippen molar-refractivity contribution >= 4 is 11.9 Å². The fourth-order valence-corrected chi connectivity index (χ4v) is 2.13. The molecule has 0 heterocycles. The highest BCUT2D eigenvalue weighted by molar-refractivity contribution is 5.97. The molecule has 1 aromatic carbocycles. The van der Waals surface area contributed by atoms with E-state index >= 15 is 0 Å². The van der Waals surface area contributed by atoms with Gasteiger partial charge in [-0.3, -0.25) is 4.79 Å². The Bertz CT molecular complexity index is 488. The van der Waals surface area contributed by atoms with Crippen molar-refractivity contribution in [3.05, 3.63) is 35.4 Å². The van der Waals surface area contributed by atoms with Gasteiger partial charge in [0.15, 0.2) is 0 Å². The molecule has 0 aliphatic rings. The SMILES string of the molecule is CCCCN(C)C[C@H](C)NC(=O)c1cccc(C(=O)O)c1. The molecule has 0 bridgehead atoms. The van der Waals surface area contributed by atoms with E-state index in [4.69, 9.17) is 5.11 Å². The molecule has 1 aromatic rings. The summed E-state index contributed by atoms with van der Waals surface area (Å²) in [6, 6.07) is 6.07. The molecular formula is C16H24N2O3. The van der Waals surface area contributed by atoms with Crippen molar-refractivity contribution < 1.29 is 14.7 Å². The van der Waals surface area contributed by atoms with Crippen LogP contribution >= 0.6 is 0 Å². The number of rotatable bonds is 8. The Morgan fingerprint density at radius 3 is 2.62 bits per heavy atom. The minimum absolute atomic E-state index is 0.00726. The molecule has 1 rings (SSSR count). The van der Waals surface area contributed by atoms with Crippen LogP contribution < -0.4 is 5.32 Å². The van der Waals surface area contributed by atoms with E-state index in [1.807, 2.05) is 14.0 Å². The maximum absolute atomic E-state index is 12.1. The monoisotopic (exact) mass is 292 g/mol. The van der Waals surface area contributed by atoms with Crippen LogP contribution in [0.25, 0.3) is 0 Å². The molecule has 0 saturated carbocycles. The second kappa shape index (κ2) is 8.42. The van der Waals surface area contributed by atoms with Crippen molar-refractivity contribution in [2.75, 3.05) is 20.1 Å². The molecule has 116 valence electrons. The van der Waals surface area contributed by atoms with Crippen LogP contribution in [0.3, 0.4) is 0 Å². The molecule has 0 saturated heterocycles. The standard InChI is InChI=1S/C16H24N2O3/c1-4-5-9-18(3)11-12(2)17-15(19)13-7-6-8-14(10-13)16(20)21/h6-8,10,12H,4-5,9,11H2,1-3H3,(H,17,19)(H,20,21)/t12-/m0/s1. The van der Waals surface area contributed by atoms with Crippen LogP contribution in [0.1, 0.15) is 47.4 Å². The maximum Gasteiger partial charge on any atom is 0.335 e. The number of hydrogen-bond donors (Lipinski definition) is 2. The van der Waals surface area contributed by atoms with Crippen molar-refractivity contribution in [3.8, 4) is 0 Å². The fraction of sp³-hybridized carbons (Fsp3) is 0.500. The molecule has 5 heteroatoms. The van der Waals surface area contributed by atoms with E-state index in [0.717, 1.165) is 25.9 Å². The van der Waals surface area contributed by atoms with Gasteiger partial charge in [-0.1, -0.05) is 19.4 Å². The Balaban J connectivity index is 2.56. The van der Waals surface area contributed by atoms with Gasteiger partial charge in [0.25, 0.3) is 5.91 Å². The highest BCUT2D eigenvalue weighted by Gasteiger charge is 2.13. The first-order valence-corrected chi connectivity index (χ1v) is 7.26. The molecule has 0 unspecified atom stereocenters. The minimum atomic E-state index is -1.03. The third-order valence-corrected chi connectivity index (χ3v) is 3.23. The number of benzene rings is 1. The van der Waals surface area contributed by atoms with Gasteiger partial charge in [-0.05, 0) is 45.1 Å². The minimum Gasteiger partial charge on any atom is -0.478 e. The van der Waals surface area contributed by atoms with Gasteiger partial charge in [-0.2, -0.15) is 0 Å². The number of nitrogens with one attached hydrogen (secondary N) is 1. The fourth-order valence-electron chi connectivity index (χ4n) is 2.13. The van der Waals surface area contributed by atoms with Crippen molar-refractivity contribution in [1.29, 1.82) is 0 Å². The van der Waals surface area contributed by atoms with Crippen LogP contribution in [0.4, 0.5) is 0 Å². The number of amides is 1. The Hall–Kier alpha value is -1.88. The number of aromatic carboxylic acids is 1. The lowest BCUT2D eigenvalue weighted by Gasteiger charge is -2.22. The topological polar surface area (TPSA) is 69.6 Å². The third-order valence-electron chi connectivity index (χ3n) is 3.23. The number of nitrogens with zero attached hydrogens (tertiary/aromatic N) is 1. The lowest BCUT2D eigenvalue weighted by Crippen LogP contribution is -2.41. The molecule has 0 radical (unpaired) electrons. The van der Waals surface area contributed by atoms with Crippen LogP contribution in [0.2, 0.25) is 0 Å². The molecule has 21 heavy (non-hydrogen) atoms. The van der Waals surface area contributed by atoms with E-state index in [9.17, 15) is 9.59 Å². The summed E-state index contributed by atoms with van der Waals surface area (Å²) >= 11 is 0. The van der Waals surface area contributed by atoms with Gasteiger partial charge in [0.2, 0.25) is 0 Å². The molecule has 2 N–H and O–H groups in total. The smallest absolute Gasteiger partial charge is 0.335 e. The predicted octanol–water partition coefficient (Wildman–Crippen LogP) is 2.24. The molecule has 1 amide bonds. The van der Waals surface area contributed by atoms with Crippen LogP contribution in [-0.4, -0.2) is 48.1 Å². The van der Waals surface area contributed by atoms with Crippen molar-refractivity contribution in [2.24, 2.45) is 0 Å². The Morgan fingerprint density at radius 2 is 2.00 bits per heavy atom. The summed E-state index contributed by atoms with van der Waals surface area (Å²) < 4.78 is 0. The average Bonchev–Trinajstić information content (AvgIpc) is 2.44. The van der Waals surface area contributed by atoms with Gasteiger partial charge in [0, 0.05) is 18.2 Å². The van der Waals surface area contributed by atoms with Crippen molar-refractivity contribution in [3.63, 3.8) is 0 Å². The molecule has 0 aliphatic heterocycles. The van der Waals surface area contributed by atoms with Crippen LogP contribution in [0.5, 0.6) is 0 Å². The number of hydrogen-bond acceptors (Lipinski definition) is 3. The van der Waals surface area contributed by atoms with Crippen LogP contribution in [-0.2, 0) is 0 Å². The molecule has 1 atom stereocenters. The van der Waals surface area contributed by atoms with Gasteiger partial charge in [0.05, 0.1) is 5.56 Å². The lowest BCUT2D eigenvalue weighted by atomic mass is 10.1. The quantitative estimate of drug-likeness (QED) is 0.771. The summed E-state index contributed by atoms with van der Waals surface area (Å²) in [5, 5.41) is 11.8. The molecule has 0 aliphatic carbocycles. The highest BCUT2D eigenvalue weighted by atomic mass is 16.4. The average molecular weight is 292 g/mol. The second-order valence-electron chi connectivity index (χ2n) is 5.38. The van der Waals surface area contributed by atoms with E-state index < -0.39 is 5.97 Å². The number of carboxylic acids is 1. The number of unbranched alkanes of at least 4 members (excludes halogenated alkanes) is 1. The van der Waals surface area contributed by atoms with Gasteiger partial charge < -0.3 is 15.3 Å². The normalized spacial score (nSPS) is 12.2. The Kier molecular flexibility index (Phi) is 6.88. The van der Waals surface area contributed by atoms with Crippen molar-refractivity contribution in [1.82, 2.24) is 10.2 Å². The lowest BCUT2D eigenvalue weighted by molar-refractivity contribution is 0.0697.